The summed E-state index contributed by atoms with van der Waals surface area (Å²) >= 11 is 0. The van der Waals surface area contributed by atoms with Gasteiger partial charge in [-0.1, -0.05) is 38.2 Å². The summed E-state index contributed by atoms with van der Waals surface area (Å²) in [5.74, 6) is 0. The third kappa shape index (κ3) is 2.11. The summed E-state index contributed by atoms with van der Waals surface area (Å²) in [7, 11) is 4.27. The van der Waals surface area contributed by atoms with E-state index in [2.05, 4.69) is 89.7 Å². The summed E-state index contributed by atoms with van der Waals surface area (Å²) in [6, 6.07) is 0. The molecule has 0 unspecified atom stereocenters. The Morgan fingerprint density at radius 3 is 1.00 bits per heavy atom. The van der Waals surface area contributed by atoms with Crippen molar-refractivity contribution >= 4 is 0 Å². The molecule has 0 saturated carbocycles. The van der Waals surface area contributed by atoms with Gasteiger partial charge in [0.2, 0.25) is 0 Å². The van der Waals surface area contributed by atoms with Crippen LogP contribution in [0.4, 0.5) is 0 Å². The highest BCUT2D eigenvalue weighted by Gasteiger charge is 2.42. The van der Waals surface area contributed by atoms with Gasteiger partial charge in [0, 0.05) is 47.7 Å². The van der Waals surface area contributed by atoms with E-state index >= 15 is 0 Å². The standard InChI is InChI=1S/C18H28N2/c1-13-9-17(5,10-14(2)19(13)7)18(6)11-15(3)20(8)16(4)12-18/h9-12H,1-8H3. The van der Waals surface area contributed by atoms with Gasteiger partial charge < -0.3 is 9.80 Å². The lowest BCUT2D eigenvalue weighted by molar-refractivity contribution is 0.269. The van der Waals surface area contributed by atoms with Crippen LogP contribution in [-0.2, 0) is 0 Å². The van der Waals surface area contributed by atoms with Crippen molar-refractivity contribution < 1.29 is 0 Å². The Kier molecular flexibility index (Phi) is 3.40. The molecule has 0 fully saturated rings. The fourth-order valence-electron chi connectivity index (χ4n) is 3.38. The maximum atomic E-state index is 2.40. The lowest BCUT2D eigenvalue weighted by Crippen LogP contribution is -2.39. The first kappa shape index (κ1) is 15.0. The Bertz CT molecular complexity index is 456. The highest BCUT2D eigenvalue weighted by molar-refractivity contribution is 5.37. The average Bonchev–Trinajstić information content (AvgIpc) is 2.32. The fraction of sp³-hybridized carbons (Fsp3) is 0.556. The van der Waals surface area contributed by atoms with Crippen LogP contribution in [0.5, 0.6) is 0 Å². The summed E-state index contributed by atoms with van der Waals surface area (Å²) in [6.07, 6.45) is 9.61. The van der Waals surface area contributed by atoms with Crippen molar-refractivity contribution in [2.75, 3.05) is 14.1 Å². The molecule has 0 amide bonds. The number of rotatable bonds is 1. The molecule has 2 rings (SSSR count). The average molecular weight is 272 g/mol. The third-order valence-corrected chi connectivity index (χ3v) is 5.31. The first-order valence-corrected chi connectivity index (χ1v) is 7.35. The van der Waals surface area contributed by atoms with Crippen LogP contribution in [0.25, 0.3) is 0 Å². The van der Waals surface area contributed by atoms with E-state index in [1.807, 2.05) is 0 Å². The number of allylic oxidation sites excluding steroid dienone is 8. The van der Waals surface area contributed by atoms with Crippen LogP contribution in [0.2, 0.25) is 0 Å². The van der Waals surface area contributed by atoms with Gasteiger partial charge in [-0.25, -0.2) is 0 Å². The molecular weight excluding hydrogens is 244 g/mol. The van der Waals surface area contributed by atoms with Crippen molar-refractivity contribution in [1.29, 1.82) is 0 Å². The van der Waals surface area contributed by atoms with Gasteiger partial charge in [0.25, 0.3) is 0 Å². The minimum atomic E-state index is 0.0114. The second-order valence-electron chi connectivity index (χ2n) is 6.83. The first-order valence-electron chi connectivity index (χ1n) is 7.35. The predicted molar refractivity (Wildman–Crippen MR) is 86.8 cm³/mol. The van der Waals surface area contributed by atoms with Crippen LogP contribution in [0.15, 0.2) is 47.1 Å². The van der Waals surface area contributed by atoms with E-state index in [0.29, 0.717) is 0 Å². The van der Waals surface area contributed by atoms with Crippen LogP contribution >= 0.6 is 0 Å². The lowest BCUT2D eigenvalue weighted by Gasteiger charge is -2.47. The number of hydrogen-bond donors (Lipinski definition) is 0. The summed E-state index contributed by atoms with van der Waals surface area (Å²) in [6.45, 7) is 13.5. The van der Waals surface area contributed by atoms with Crippen molar-refractivity contribution in [3.05, 3.63) is 47.1 Å². The Morgan fingerprint density at radius 2 is 0.800 bits per heavy atom. The maximum Gasteiger partial charge on any atom is 0.0197 e. The minimum absolute atomic E-state index is 0.0114. The molecule has 0 saturated heterocycles. The van der Waals surface area contributed by atoms with Gasteiger partial charge in [-0.15, -0.1) is 0 Å². The number of nitrogens with zero attached hydrogens (tertiary/aromatic N) is 2. The Hall–Kier alpha value is -1.44. The second-order valence-corrected chi connectivity index (χ2v) is 6.83. The fourth-order valence-corrected chi connectivity index (χ4v) is 3.38. The van der Waals surface area contributed by atoms with Crippen molar-refractivity contribution in [1.82, 2.24) is 9.80 Å². The summed E-state index contributed by atoms with van der Waals surface area (Å²) in [4.78, 5) is 4.51. The zero-order chi connectivity index (χ0) is 15.3. The monoisotopic (exact) mass is 272 g/mol. The van der Waals surface area contributed by atoms with Crippen LogP contribution in [0.1, 0.15) is 41.5 Å². The number of hydrogen-bond acceptors (Lipinski definition) is 2. The van der Waals surface area contributed by atoms with E-state index in [9.17, 15) is 0 Å². The van der Waals surface area contributed by atoms with Gasteiger partial charge in [0.15, 0.2) is 0 Å². The van der Waals surface area contributed by atoms with E-state index in [4.69, 9.17) is 0 Å². The van der Waals surface area contributed by atoms with E-state index in [-0.39, 0.29) is 10.8 Å². The molecule has 0 aromatic carbocycles. The predicted octanol–water partition coefficient (Wildman–Crippen LogP) is 4.51. The molecule has 2 heteroatoms. The van der Waals surface area contributed by atoms with E-state index in [1.165, 1.54) is 22.8 Å². The molecule has 2 aliphatic rings. The van der Waals surface area contributed by atoms with Crippen molar-refractivity contribution in [2.24, 2.45) is 10.8 Å². The molecule has 0 aromatic heterocycles. The Labute approximate surface area is 124 Å². The van der Waals surface area contributed by atoms with Crippen LogP contribution < -0.4 is 0 Å². The van der Waals surface area contributed by atoms with Gasteiger partial charge >= 0.3 is 0 Å². The summed E-state index contributed by atoms with van der Waals surface area (Å²) in [5.41, 5.74) is 5.32. The van der Waals surface area contributed by atoms with E-state index in [1.54, 1.807) is 0 Å². The van der Waals surface area contributed by atoms with Crippen LogP contribution in [-0.4, -0.2) is 23.9 Å². The second kappa shape index (κ2) is 4.54. The molecule has 110 valence electrons. The topological polar surface area (TPSA) is 6.48 Å². The Morgan fingerprint density at radius 1 is 0.600 bits per heavy atom. The van der Waals surface area contributed by atoms with E-state index in [0.717, 1.165) is 0 Å². The zero-order valence-corrected chi connectivity index (χ0v) is 14.2. The first-order chi connectivity index (χ1) is 9.09. The maximum absolute atomic E-state index is 2.40. The summed E-state index contributed by atoms with van der Waals surface area (Å²) < 4.78 is 0. The quantitative estimate of drug-likeness (QED) is 0.693. The van der Waals surface area contributed by atoms with Crippen LogP contribution in [0.3, 0.4) is 0 Å². The minimum Gasteiger partial charge on any atom is -0.353 e. The largest absolute Gasteiger partial charge is 0.353 e. The van der Waals surface area contributed by atoms with Gasteiger partial charge in [-0.2, -0.15) is 0 Å². The van der Waals surface area contributed by atoms with Crippen molar-refractivity contribution in [3.8, 4) is 0 Å². The van der Waals surface area contributed by atoms with Gasteiger partial charge in [-0.05, 0) is 27.7 Å². The van der Waals surface area contributed by atoms with Gasteiger partial charge in [0.1, 0.15) is 0 Å². The molecule has 0 radical (unpaired) electrons. The molecule has 2 heterocycles. The van der Waals surface area contributed by atoms with Gasteiger partial charge in [-0.3, -0.25) is 0 Å². The molecule has 2 aliphatic heterocycles. The molecule has 2 nitrogen and oxygen atoms in total. The summed E-state index contributed by atoms with van der Waals surface area (Å²) in [5, 5.41) is 0. The van der Waals surface area contributed by atoms with E-state index < -0.39 is 0 Å². The molecule has 0 atom stereocenters. The molecular formula is C18H28N2. The SMILES string of the molecule is CC1=CC(C)(C2(C)C=C(C)N(C)C(C)=C2)C=C(C)N1C. The normalized spacial score (nSPS) is 24.8. The van der Waals surface area contributed by atoms with Crippen molar-refractivity contribution in [3.63, 3.8) is 0 Å². The molecule has 0 aliphatic carbocycles. The third-order valence-electron chi connectivity index (χ3n) is 5.31. The van der Waals surface area contributed by atoms with Crippen molar-refractivity contribution in [2.45, 2.75) is 41.5 Å². The molecule has 0 spiro atoms. The zero-order valence-electron chi connectivity index (χ0n) is 14.2. The Balaban J connectivity index is 2.55. The lowest BCUT2D eigenvalue weighted by atomic mass is 9.62. The highest BCUT2D eigenvalue weighted by Crippen LogP contribution is 2.50. The smallest absolute Gasteiger partial charge is 0.0197 e. The molecule has 0 bridgehead atoms. The molecule has 0 N–H and O–H groups in total. The van der Waals surface area contributed by atoms with Gasteiger partial charge in [0.05, 0.1) is 0 Å². The molecule has 0 aromatic rings. The highest BCUT2D eigenvalue weighted by atomic mass is 15.1. The molecule has 20 heavy (non-hydrogen) atoms. The van der Waals surface area contributed by atoms with Crippen LogP contribution in [0, 0.1) is 10.8 Å².